The lowest BCUT2D eigenvalue weighted by atomic mass is 10.2. The van der Waals surface area contributed by atoms with E-state index in [4.69, 9.17) is 5.73 Å². The van der Waals surface area contributed by atoms with Crippen molar-refractivity contribution >= 4 is 18.3 Å². The van der Waals surface area contributed by atoms with Gasteiger partial charge in [0, 0.05) is 12.4 Å². The summed E-state index contributed by atoms with van der Waals surface area (Å²) in [6.45, 7) is 0. The van der Waals surface area contributed by atoms with E-state index in [-0.39, 0.29) is 24.7 Å². The molecule has 0 aliphatic heterocycles. The first-order valence-corrected chi connectivity index (χ1v) is 2.96. The number of hydrogen-bond acceptors (Lipinski definition) is 2. The molecule has 0 aromatic carbocycles. The molecule has 0 unspecified atom stereocenters. The quantitative estimate of drug-likeness (QED) is 0.708. The Balaban J connectivity index is 0.000001000. The van der Waals surface area contributed by atoms with E-state index in [1.54, 1.807) is 18.5 Å². The van der Waals surface area contributed by atoms with Crippen molar-refractivity contribution in [1.82, 2.24) is 4.98 Å². The summed E-state index contributed by atoms with van der Waals surface area (Å²) in [5.41, 5.74) is 5.81. The summed E-state index contributed by atoms with van der Waals surface area (Å²) in [6.07, 6.45) is 3.56. The van der Waals surface area contributed by atoms with Crippen LogP contribution in [0.1, 0.15) is 5.56 Å². The van der Waals surface area contributed by atoms with Gasteiger partial charge >= 0.3 is 0 Å². The van der Waals surface area contributed by atoms with Gasteiger partial charge in [-0.25, -0.2) is 0 Å². The fourth-order valence-corrected chi connectivity index (χ4v) is 0.704. The van der Waals surface area contributed by atoms with Crippen molar-refractivity contribution in [2.45, 2.75) is 6.42 Å². The van der Waals surface area contributed by atoms with Crippen molar-refractivity contribution in [3.8, 4) is 0 Å². The SMILES string of the molecule is Cl.NC(=O)Cc1cccnc1. The topological polar surface area (TPSA) is 56.0 Å². The van der Waals surface area contributed by atoms with Gasteiger partial charge in [-0.3, -0.25) is 9.78 Å². The van der Waals surface area contributed by atoms with Crippen LogP contribution in [-0.2, 0) is 11.2 Å². The fraction of sp³-hybridized carbons (Fsp3) is 0.143. The van der Waals surface area contributed by atoms with Crippen molar-refractivity contribution < 1.29 is 4.79 Å². The Hall–Kier alpha value is -1.09. The number of pyridine rings is 1. The number of primary amides is 1. The smallest absolute Gasteiger partial charge is 0.221 e. The Labute approximate surface area is 71.0 Å². The van der Waals surface area contributed by atoms with Crippen LogP contribution in [0.4, 0.5) is 0 Å². The molecule has 0 atom stereocenters. The molecule has 0 radical (unpaired) electrons. The minimum atomic E-state index is -0.326. The van der Waals surface area contributed by atoms with Gasteiger partial charge < -0.3 is 5.73 Å². The van der Waals surface area contributed by atoms with Crippen LogP contribution in [0.2, 0.25) is 0 Å². The maximum Gasteiger partial charge on any atom is 0.221 e. The maximum atomic E-state index is 10.4. The van der Waals surface area contributed by atoms with Crippen molar-refractivity contribution in [3.63, 3.8) is 0 Å². The minimum absolute atomic E-state index is 0. The van der Waals surface area contributed by atoms with Gasteiger partial charge in [0.25, 0.3) is 0 Å². The summed E-state index contributed by atoms with van der Waals surface area (Å²) in [5, 5.41) is 0. The summed E-state index contributed by atoms with van der Waals surface area (Å²) in [7, 11) is 0. The molecular formula is C7H9ClN2O. The van der Waals surface area contributed by atoms with Crippen LogP contribution in [0, 0.1) is 0 Å². The van der Waals surface area contributed by atoms with E-state index >= 15 is 0 Å². The van der Waals surface area contributed by atoms with Crippen LogP contribution in [0.3, 0.4) is 0 Å². The molecule has 0 spiro atoms. The molecule has 11 heavy (non-hydrogen) atoms. The van der Waals surface area contributed by atoms with Crippen LogP contribution in [-0.4, -0.2) is 10.9 Å². The van der Waals surface area contributed by atoms with Gasteiger partial charge in [0.2, 0.25) is 5.91 Å². The van der Waals surface area contributed by atoms with E-state index in [1.807, 2.05) is 6.07 Å². The highest BCUT2D eigenvalue weighted by Crippen LogP contribution is 1.94. The number of aromatic nitrogens is 1. The number of nitrogens with zero attached hydrogens (tertiary/aromatic N) is 1. The second-order valence-corrected chi connectivity index (χ2v) is 2.00. The van der Waals surface area contributed by atoms with Crippen molar-refractivity contribution in [2.75, 3.05) is 0 Å². The second kappa shape index (κ2) is 4.68. The standard InChI is InChI=1S/C7H8N2O.ClH/c8-7(10)4-6-2-1-3-9-5-6;/h1-3,5H,4H2,(H2,8,10);1H. The zero-order chi connectivity index (χ0) is 7.40. The van der Waals surface area contributed by atoms with Crippen molar-refractivity contribution in [1.29, 1.82) is 0 Å². The molecule has 3 nitrogen and oxygen atoms in total. The molecule has 1 aromatic heterocycles. The number of carbonyl (C=O) groups is 1. The van der Waals surface area contributed by atoms with E-state index in [9.17, 15) is 4.79 Å². The molecule has 0 aliphatic rings. The van der Waals surface area contributed by atoms with E-state index < -0.39 is 0 Å². The first-order valence-electron chi connectivity index (χ1n) is 2.96. The Morgan fingerprint density at radius 2 is 2.36 bits per heavy atom. The monoisotopic (exact) mass is 172 g/mol. The Morgan fingerprint density at radius 1 is 1.64 bits per heavy atom. The third kappa shape index (κ3) is 3.57. The van der Waals surface area contributed by atoms with Crippen LogP contribution < -0.4 is 5.73 Å². The molecule has 0 saturated heterocycles. The summed E-state index contributed by atoms with van der Waals surface area (Å²) in [5.74, 6) is -0.326. The minimum Gasteiger partial charge on any atom is -0.369 e. The molecule has 1 heterocycles. The predicted molar refractivity (Wildman–Crippen MR) is 44.4 cm³/mol. The Kier molecular flexibility index (Phi) is 4.22. The molecule has 60 valence electrons. The first-order chi connectivity index (χ1) is 4.79. The average molecular weight is 173 g/mol. The summed E-state index contributed by atoms with van der Waals surface area (Å²) < 4.78 is 0. The van der Waals surface area contributed by atoms with Crippen LogP contribution >= 0.6 is 12.4 Å². The predicted octanol–water partition coefficient (Wildman–Crippen LogP) is 0.531. The molecule has 4 heteroatoms. The number of carbonyl (C=O) groups excluding carboxylic acids is 1. The fourth-order valence-electron chi connectivity index (χ4n) is 0.704. The van der Waals surface area contributed by atoms with Gasteiger partial charge in [0.1, 0.15) is 0 Å². The molecule has 0 aliphatic carbocycles. The third-order valence-electron chi connectivity index (χ3n) is 1.10. The van der Waals surface area contributed by atoms with Crippen LogP contribution in [0.25, 0.3) is 0 Å². The second-order valence-electron chi connectivity index (χ2n) is 2.00. The average Bonchev–Trinajstić information content (AvgIpc) is 1.88. The zero-order valence-electron chi connectivity index (χ0n) is 5.86. The van der Waals surface area contributed by atoms with Gasteiger partial charge in [0.05, 0.1) is 6.42 Å². The van der Waals surface area contributed by atoms with E-state index in [2.05, 4.69) is 4.98 Å². The number of nitrogens with two attached hydrogens (primary N) is 1. The van der Waals surface area contributed by atoms with Crippen LogP contribution in [0.5, 0.6) is 0 Å². The Bertz CT molecular complexity index is 225. The summed E-state index contributed by atoms with van der Waals surface area (Å²) in [6, 6.07) is 3.59. The molecule has 1 amide bonds. The molecule has 0 saturated carbocycles. The van der Waals surface area contributed by atoms with E-state index in [0.29, 0.717) is 0 Å². The van der Waals surface area contributed by atoms with Gasteiger partial charge in [-0.1, -0.05) is 6.07 Å². The third-order valence-corrected chi connectivity index (χ3v) is 1.10. The van der Waals surface area contributed by atoms with Crippen LogP contribution in [0.15, 0.2) is 24.5 Å². The zero-order valence-corrected chi connectivity index (χ0v) is 6.67. The van der Waals surface area contributed by atoms with Crippen molar-refractivity contribution in [3.05, 3.63) is 30.1 Å². The highest BCUT2D eigenvalue weighted by Gasteiger charge is 1.95. The first kappa shape index (κ1) is 9.91. The summed E-state index contributed by atoms with van der Waals surface area (Å²) in [4.78, 5) is 14.2. The lowest BCUT2D eigenvalue weighted by molar-refractivity contribution is -0.117. The largest absolute Gasteiger partial charge is 0.369 e. The van der Waals surface area contributed by atoms with Gasteiger partial charge in [-0.05, 0) is 11.6 Å². The molecule has 2 N–H and O–H groups in total. The lowest BCUT2D eigenvalue weighted by Gasteiger charge is -1.92. The molecule has 1 aromatic rings. The number of hydrogen-bond donors (Lipinski definition) is 1. The number of amides is 1. The molecule has 0 bridgehead atoms. The van der Waals surface area contributed by atoms with Gasteiger partial charge in [-0.2, -0.15) is 0 Å². The lowest BCUT2D eigenvalue weighted by Crippen LogP contribution is -2.13. The molecule has 1 rings (SSSR count). The Morgan fingerprint density at radius 3 is 2.82 bits per heavy atom. The molecule has 0 fully saturated rings. The normalized spacial score (nSPS) is 8.36. The van der Waals surface area contributed by atoms with Gasteiger partial charge in [-0.15, -0.1) is 12.4 Å². The summed E-state index contributed by atoms with van der Waals surface area (Å²) >= 11 is 0. The highest BCUT2D eigenvalue weighted by atomic mass is 35.5. The maximum absolute atomic E-state index is 10.4. The molecular weight excluding hydrogens is 164 g/mol. The van der Waals surface area contributed by atoms with E-state index in [1.165, 1.54) is 0 Å². The number of rotatable bonds is 2. The number of halogens is 1. The highest BCUT2D eigenvalue weighted by molar-refractivity contribution is 5.85. The van der Waals surface area contributed by atoms with Crippen molar-refractivity contribution in [2.24, 2.45) is 5.73 Å². The van der Waals surface area contributed by atoms with E-state index in [0.717, 1.165) is 5.56 Å². The van der Waals surface area contributed by atoms with Gasteiger partial charge in [0.15, 0.2) is 0 Å².